The lowest BCUT2D eigenvalue weighted by Crippen LogP contribution is -2.48. The third-order valence-electron chi connectivity index (χ3n) is 5.22. The van der Waals surface area contributed by atoms with E-state index in [4.69, 9.17) is 5.26 Å². The quantitative estimate of drug-likeness (QED) is 0.826. The van der Waals surface area contributed by atoms with Crippen molar-refractivity contribution in [2.24, 2.45) is 5.92 Å². The number of nitriles is 1. The second kappa shape index (κ2) is 8.98. The Kier molecular flexibility index (Phi) is 6.98. The summed E-state index contributed by atoms with van der Waals surface area (Å²) in [6.07, 6.45) is 2.98. The molecule has 5 heteroatoms. The summed E-state index contributed by atoms with van der Waals surface area (Å²) in [7, 11) is 1.94. The van der Waals surface area contributed by atoms with Crippen molar-refractivity contribution >= 4 is 11.6 Å². The molecule has 1 aromatic carbocycles. The van der Waals surface area contributed by atoms with Gasteiger partial charge >= 0.3 is 0 Å². The Morgan fingerprint density at radius 2 is 2.04 bits per heavy atom. The number of aliphatic hydroxyl groups is 1. The number of aryl methyl sites for hydroxylation is 1. The van der Waals surface area contributed by atoms with Gasteiger partial charge in [0.15, 0.2) is 0 Å². The summed E-state index contributed by atoms with van der Waals surface area (Å²) in [6, 6.07) is 9.64. The number of aliphatic hydroxyl groups excluding tert-OH is 1. The molecule has 0 saturated heterocycles. The Balaban J connectivity index is 2.08. The Morgan fingerprint density at radius 1 is 1.36 bits per heavy atom. The van der Waals surface area contributed by atoms with E-state index in [0.29, 0.717) is 19.5 Å². The molecular formula is C20H29N3O2. The first-order valence-corrected chi connectivity index (χ1v) is 9.07. The molecule has 0 radical (unpaired) electrons. The van der Waals surface area contributed by atoms with Crippen LogP contribution in [0.5, 0.6) is 0 Å². The number of anilines is 1. The molecule has 0 bridgehead atoms. The van der Waals surface area contributed by atoms with Crippen molar-refractivity contribution in [3.8, 4) is 6.07 Å². The fourth-order valence-corrected chi connectivity index (χ4v) is 3.43. The third kappa shape index (κ3) is 5.04. The molecule has 136 valence electrons. The van der Waals surface area contributed by atoms with Crippen molar-refractivity contribution in [3.63, 3.8) is 0 Å². The lowest BCUT2D eigenvalue weighted by atomic mass is 10.0. The number of carbonyl (C=O) groups is 1. The Morgan fingerprint density at radius 3 is 2.60 bits per heavy atom. The van der Waals surface area contributed by atoms with E-state index < -0.39 is 0 Å². The Hall–Kier alpha value is -1.90. The molecule has 1 amide bonds. The minimum Gasteiger partial charge on any atom is -0.393 e. The second-order valence-corrected chi connectivity index (χ2v) is 7.11. The molecule has 0 aliphatic heterocycles. The van der Waals surface area contributed by atoms with Gasteiger partial charge < -0.3 is 10.0 Å². The zero-order chi connectivity index (χ0) is 18.4. The Bertz CT molecular complexity index is 608. The maximum absolute atomic E-state index is 13.0. The van der Waals surface area contributed by atoms with Crippen LogP contribution in [0, 0.1) is 24.2 Å². The molecule has 3 atom stereocenters. The van der Waals surface area contributed by atoms with Crippen molar-refractivity contribution in [1.29, 1.82) is 5.26 Å². The highest BCUT2D eigenvalue weighted by molar-refractivity contribution is 5.97. The van der Waals surface area contributed by atoms with Gasteiger partial charge in [-0.05, 0) is 51.8 Å². The minimum atomic E-state index is -0.298. The van der Waals surface area contributed by atoms with Gasteiger partial charge in [-0.3, -0.25) is 9.69 Å². The van der Waals surface area contributed by atoms with E-state index >= 15 is 0 Å². The predicted octanol–water partition coefficient (Wildman–Crippen LogP) is 2.72. The summed E-state index contributed by atoms with van der Waals surface area (Å²) < 4.78 is 0. The molecule has 2 rings (SSSR count). The summed E-state index contributed by atoms with van der Waals surface area (Å²) in [4.78, 5) is 16.8. The Labute approximate surface area is 150 Å². The minimum absolute atomic E-state index is 0.00547. The molecule has 25 heavy (non-hydrogen) atoms. The number of rotatable bonds is 7. The fraction of sp³-hybridized carbons (Fsp3) is 0.600. The van der Waals surface area contributed by atoms with E-state index in [-0.39, 0.29) is 24.0 Å². The van der Waals surface area contributed by atoms with Crippen LogP contribution in [0.2, 0.25) is 0 Å². The van der Waals surface area contributed by atoms with Crippen LogP contribution < -0.4 is 4.90 Å². The van der Waals surface area contributed by atoms with Crippen LogP contribution in [0.1, 0.15) is 38.2 Å². The van der Waals surface area contributed by atoms with Crippen LogP contribution in [-0.4, -0.2) is 48.2 Å². The van der Waals surface area contributed by atoms with Gasteiger partial charge in [0, 0.05) is 18.8 Å². The topological polar surface area (TPSA) is 67.6 Å². The summed E-state index contributed by atoms with van der Waals surface area (Å²) in [5.74, 6) is 0.237. The van der Waals surface area contributed by atoms with E-state index in [1.807, 2.05) is 50.1 Å². The first-order chi connectivity index (χ1) is 11.9. The monoisotopic (exact) mass is 343 g/mol. The van der Waals surface area contributed by atoms with Gasteiger partial charge in [0.2, 0.25) is 5.91 Å². The van der Waals surface area contributed by atoms with Crippen molar-refractivity contribution in [2.45, 2.75) is 51.7 Å². The summed E-state index contributed by atoms with van der Waals surface area (Å²) in [6.45, 7) is 5.02. The van der Waals surface area contributed by atoms with Crippen molar-refractivity contribution < 1.29 is 9.90 Å². The first-order valence-electron chi connectivity index (χ1n) is 9.07. The SMILES string of the molecule is Cc1ccc(N(CCC#N)C(=O)C(C)N(C)CC2CCCC2O)cc1. The molecule has 1 aliphatic carbocycles. The van der Waals surface area contributed by atoms with E-state index in [2.05, 4.69) is 6.07 Å². The van der Waals surface area contributed by atoms with Crippen LogP contribution in [0.4, 0.5) is 5.69 Å². The smallest absolute Gasteiger partial charge is 0.244 e. The number of hydrogen-bond acceptors (Lipinski definition) is 4. The van der Waals surface area contributed by atoms with Gasteiger partial charge in [-0.2, -0.15) is 5.26 Å². The highest BCUT2D eigenvalue weighted by atomic mass is 16.3. The average molecular weight is 343 g/mol. The molecule has 0 aromatic heterocycles. The first kappa shape index (κ1) is 19.4. The average Bonchev–Trinajstić information content (AvgIpc) is 3.00. The van der Waals surface area contributed by atoms with Gasteiger partial charge in [0.25, 0.3) is 0 Å². The zero-order valence-corrected chi connectivity index (χ0v) is 15.5. The summed E-state index contributed by atoms with van der Waals surface area (Å²) >= 11 is 0. The molecule has 1 aromatic rings. The highest BCUT2D eigenvalue weighted by Gasteiger charge is 2.30. The summed E-state index contributed by atoms with van der Waals surface area (Å²) in [5, 5.41) is 19.0. The van der Waals surface area contributed by atoms with E-state index in [1.54, 1.807) is 4.90 Å². The number of amides is 1. The van der Waals surface area contributed by atoms with Gasteiger partial charge in [-0.25, -0.2) is 0 Å². The number of likely N-dealkylation sites (N-methyl/N-ethyl adjacent to an activating group) is 1. The van der Waals surface area contributed by atoms with E-state index in [0.717, 1.165) is 30.5 Å². The van der Waals surface area contributed by atoms with Crippen LogP contribution >= 0.6 is 0 Å². The van der Waals surface area contributed by atoms with Crippen molar-refractivity contribution in [3.05, 3.63) is 29.8 Å². The zero-order valence-electron chi connectivity index (χ0n) is 15.5. The van der Waals surface area contributed by atoms with Crippen LogP contribution in [0.15, 0.2) is 24.3 Å². The molecular weight excluding hydrogens is 314 g/mol. The lowest BCUT2D eigenvalue weighted by Gasteiger charge is -2.32. The molecule has 0 spiro atoms. The normalized spacial score (nSPS) is 21.1. The van der Waals surface area contributed by atoms with E-state index in [1.165, 1.54) is 0 Å². The van der Waals surface area contributed by atoms with Gasteiger partial charge in [-0.15, -0.1) is 0 Å². The van der Waals surface area contributed by atoms with Gasteiger partial charge in [0.1, 0.15) is 0 Å². The molecule has 5 nitrogen and oxygen atoms in total. The number of carbonyl (C=O) groups excluding carboxylic acids is 1. The van der Waals surface area contributed by atoms with Gasteiger partial charge in [0.05, 0.1) is 24.6 Å². The highest BCUT2D eigenvalue weighted by Crippen LogP contribution is 2.27. The standard InChI is InChI=1S/C20H29N3O2/c1-15-8-10-18(11-9-15)23(13-5-12-21)20(25)16(2)22(3)14-17-6-4-7-19(17)24/h8-11,16-17,19,24H,4-7,13-14H2,1-3H3. The van der Waals surface area contributed by atoms with Crippen LogP contribution in [0.3, 0.4) is 0 Å². The van der Waals surface area contributed by atoms with Crippen LogP contribution in [0.25, 0.3) is 0 Å². The number of benzene rings is 1. The maximum Gasteiger partial charge on any atom is 0.244 e. The second-order valence-electron chi connectivity index (χ2n) is 7.11. The van der Waals surface area contributed by atoms with Crippen molar-refractivity contribution in [1.82, 2.24) is 4.90 Å². The molecule has 3 unspecified atom stereocenters. The molecule has 1 saturated carbocycles. The van der Waals surface area contributed by atoms with Crippen LogP contribution in [-0.2, 0) is 4.79 Å². The maximum atomic E-state index is 13.0. The van der Waals surface area contributed by atoms with Gasteiger partial charge in [-0.1, -0.05) is 24.1 Å². The van der Waals surface area contributed by atoms with Crippen molar-refractivity contribution in [2.75, 3.05) is 25.0 Å². The lowest BCUT2D eigenvalue weighted by molar-refractivity contribution is -0.123. The van der Waals surface area contributed by atoms with E-state index in [9.17, 15) is 9.90 Å². The number of hydrogen-bond donors (Lipinski definition) is 1. The largest absolute Gasteiger partial charge is 0.393 e. The molecule has 1 aliphatic rings. The summed E-state index contributed by atoms with van der Waals surface area (Å²) in [5.41, 5.74) is 1.96. The molecule has 1 N–H and O–H groups in total. The molecule has 0 heterocycles. The number of nitrogens with zero attached hydrogens (tertiary/aromatic N) is 3. The fourth-order valence-electron chi connectivity index (χ4n) is 3.43. The predicted molar refractivity (Wildman–Crippen MR) is 99.2 cm³/mol. The molecule has 1 fully saturated rings. The third-order valence-corrected chi connectivity index (χ3v) is 5.22.